The lowest BCUT2D eigenvalue weighted by molar-refractivity contribution is 0.249. The van der Waals surface area contributed by atoms with Gasteiger partial charge in [0.05, 0.1) is 19.9 Å². The Labute approximate surface area is 114 Å². The molecule has 19 heavy (non-hydrogen) atoms. The summed E-state index contributed by atoms with van der Waals surface area (Å²) in [6.45, 7) is 6.37. The van der Waals surface area contributed by atoms with Crippen molar-refractivity contribution in [1.82, 2.24) is 10.2 Å². The fourth-order valence-corrected chi connectivity index (χ4v) is 2.24. The minimum Gasteiger partial charge on any atom is -0.497 e. The van der Waals surface area contributed by atoms with Crippen molar-refractivity contribution in [3.63, 3.8) is 0 Å². The average Bonchev–Trinajstić information content (AvgIpc) is 2.48. The quantitative estimate of drug-likeness (QED) is 0.804. The van der Waals surface area contributed by atoms with E-state index in [4.69, 9.17) is 9.47 Å². The highest BCUT2D eigenvalue weighted by Gasteiger charge is 2.09. The zero-order valence-electron chi connectivity index (χ0n) is 11.7. The van der Waals surface area contributed by atoms with Crippen molar-refractivity contribution in [2.45, 2.75) is 0 Å². The van der Waals surface area contributed by atoms with Crippen LogP contribution < -0.4 is 20.1 Å². The second kappa shape index (κ2) is 7.21. The number of hydrogen-bond donors (Lipinski definition) is 2. The molecule has 1 aromatic carbocycles. The Morgan fingerprint density at radius 2 is 2.00 bits per heavy atom. The van der Waals surface area contributed by atoms with Crippen LogP contribution in [-0.2, 0) is 0 Å². The first-order chi connectivity index (χ1) is 9.33. The Hall–Kier alpha value is -1.46. The van der Waals surface area contributed by atoms with E-state index in [-0.39, 0.29) is 0 Å². The highest BCUT2D eigenvalue weighted by molar-refractivity contribution is 5.59. The second-order valence-electron chi connectivity index (χ2n) is 4.58. The first-order valence-electron chi connectivity index (χ1n) is 6.72. The van der Waals surface area contributed by atoms with Gasteiger partial charge in [0.2, 0.25) is 0 Å². The smallest absolute Gasteiger partial charge is 0.142 e. The Bertz CT molecular complexity index is 392. The molecule has 0 radical (unpaired) electrons. The van der Waals surface area contributed by atoms with E-state index in [0.717, 1.165) is 56.5 Å². The summed E-state index contributed by atoms with van der Waals surface area (Å²) in [5, 5.41) is 6.78. The molecule has 106 valence electrons. The van der Waals surface area contributed by atoms with E-state index in [1.54, 1.807) is 14.2 Å². The molecule has 2 N–H and O–H groups in total. The fourth-order valence-electron chi connectivity index (χ4n) is 2.24. The van der Waals surface area contributed by atoms with Gasteiger partial charge in [-0.25, -0.2) is 0 Å². The molecule has 1 heterocycles. The summed E-state index contributed by atoms with van der Waals surface area (Å²) in [4.78, 5) is 2.45. The Morgan fingerprint density at radius 1 is 1.21 bits per heavy atom. The molecule has 0 bridgehead atoms. The normalized spacial score (nSPS) is 16.1. The maximum atomic E-state index is 5.35. The van der Waals surface area contributed by atoms with Crippen LogP contribution in [0.25, 0.3) is 0 Å². The van der Waals surface area contributed by atoms with Crippen molar-refractivity contribution < 1.29 is 9.47 Å². The van der Waals surface area contributed by atoms with Gasteiger partial charge < -0.3 is 20.1 Å². The van der Waals surface area contributed by atoms with Gasteiger partial charge in [-0.15, -0.1) is 0 Å². The molecule has 0 saturated carbocycles. The van der Waals surface area contributed by atoms with Gasteiger partial charge in [0.25, 0.3) is 0 Å². The van der Waals surface area contributed by atoms with Gasteiger partial charge in [-0.2, -0.15) is 0 Å². The third-order valence-corrected chi connectivity index (χ3v) is 3.36. The molecule has 1 aliphatic heterocycles. The van der Waals surface area contributed by atoms with E-state index in [1.165, 1.54) is 0 Å². The minimum absolute atomic E-state index is 0.838. The van der Waals surface area contributed by atoms with Crippen LogP contribution in [0, 0.1) is 0 Å². The summed E-state index contributed by atoms with van der Waals surface area (Å²) in [5.74, 6) is 1.69. The monoisotopic (exact) mass is 265 g/mol. The third-order valence-electron chi connectivity index (χ3n) is 3.36. The second-order valence-corrected chi connectivity index (χ2v) is 4.58. The van der Waals surface area contributed by atoms with Crippen molar-refractivity contribution in [2.75, 3.05) is 58.8 Å². The Morgan fingerprint density at radius 3 is 2.68 bits per heavy atom. The van der Waals surface area contributed by atoms with Crippen LogP contribution >= 0.6 is 0 Å². The molecule has 1 aromatic rings. The molecular formula is C14H23N3O2. The standard InChI is InChI=1S/C14H23N3O2/c1-18-12-3-4-14(19-2)13(11-12)16-7-10-17-8-5-15-6-9-17/h3-4,11,15-16H,5-10H2,1-2H3. The lowest BCUT2D eigenvalue weighted by Crippen LogP contribution is -2.45. The van der Waals surface area contributed by atoms with Crippen LogP contribution in [0.4, 0.5) is 5.69 Å². The lowest BCUT2D eigenvalue weighted by atomic mass is 10.2. The maximum absolute atomic E-state index is 5.35. The summed E-state index contributed by atoms with van der Waals surface area (Å²) in [6.07, 6.45) is 0. The predicted octanol–water partition coefficient (Wildman–Crippen LogP) is 1.02. The van der Waals surface area contributed by atoms with Crippen LogP contribution in [0.2, 0.25) is 0 Å². The SMILES string of the molecule is COc1ccc(OC)c(NCCN2CCNCC2)c1. The van der Waals surface area contributed by atoms with Gasteiger partial charge in [0.1, 0.15) is 11.5 Å². The zero-order chi connectivity index (χ0) is 13.5. The molecule has 0 unspecified atom stereocenters. The Kier molecular flexibility index (Phi) is 5.30. The van der Waals surface area contributed by atoms with Crippen LogP contribution in [0.3, 0.4) is 0 Å². The van der Waals surface area contributed by atoms with Gasteiger partial charge in [-0.3, -0.25) is 4.90 Å². The summed E-state index contributed by atoms with van der Waals surface area (Å²) < 4.78 is 10.6. The first-order valence-corrected chi connectivity index (χ1v) is 6.72. The van der Waals surface area contributed by atoms with Gasteiger partial charge in [-0.1, -0.05) is 0 Å². The zero-order valence-corrected chi connectivity index (χ0v) is 11.7. The van der Waals surface area contributed by atoms with Crippen LogP contribution in [0.1, 0.15) is 0 Å². The molecule has 5 heteroatoms. The topological polar surface area (TPSA) is 45.8 Å². The molecule has 0 aromatic heterocycles. The maximum Gasteiger partial charge on any atom is 0.142 e. The van der Waals surface area contributed by atoms with E-state index < -0.39 is 0 Å². The fraction of sp³-hybridized carbons (Fsp3) is 0.571. The molecule has 2 rings (SSSR count). The predicted molar refractivity (Wildman–Crippen MR) is 77.3 cm³/mol. The van der Waals surface area contributed by atoms with E-state index >= 15 is 0 Å². The van der Waals surface area contributed by atoms with Crippen molar-refractivity contribution in [3.8, 4) is 11.5 Å². The van der Waals surface area contributed by atoms with Crippen LogP contribution in [0.5, 0.6) is 11.5 Å². The third kappa shape index (κ3) is 4.01. The number of piperazine rings is 1. The van der Waals surface area contributed by atoms with Gasteiger partial charge in [0.15, 0.2) is 0 Å². The largest absolute Gasteiger partial charge is 0.497 e. The summed E-state index contributed by atoms with van der Waals surface area (Å²) in [6, 6.07) is 5.79. The number of nitrogens with one attached hydrogen (secondary N) is 2. The average molecular weight is 265 g/mol. The van der Waals surface area contributed by atoms with E-state index in [0.29, 0.717) is 0 Å². The molecular weight excluding hydrogens is 242 g/mol. The molecule has 0 aliphatic carbocycles. The van der Waals surface area contributed by atoms with Crippen molar-refractivity contribution in [3.05, 3.63) is 18.2 Å². The van der Waals surface area contributed by atoms with Crippen LogP contribution in [0.15, 0.2) is 18.2 Å². The highest BCUT2D eigenvalue weighted by Crippen LogP contribution is 2.28. The number of ether oxygens (including phenoxy) is 2. The molecule has 1 saturated heterocycles. The van der Waals surface area contributed by atoms with Crippen molar-refractivity contribution in [1.29, 1.82) is 0 Å². The van der Waals surface area contributed by atoms with Gasteiger partial charge in [0, 0.05) is 45.3 Å². The van der Waals surface area contributed by atoms with Crippen LogP contribution in [-0.4, -0.2) is 58.4 Å². The molecule has 5 nitrogen and oxygen atoms in total. The first kappa shape index (κ1) is 14.0. The molecule has 1 fully saturated rings. The highest BCUT2D eigenvalue weighted by atomic mass is 16.5. The number of methoxy groups -OCH3 is 2. The molecule has 1 aliphatic rings. The number of nitrogens with zero attached hydrogens (tertiary/aromatic N) is 1. The van der Waals surface area contributed by atoms with Gasteiger partial charge >= 0.3 is 0 Å². The van der Waals surface area contributed by atoms with Crippen molar-refractivity contribution in [2.24, 2.45) is 0 Å². The van der Waals surface area contributed by atoms with E-state index in [2.05, 4.69) is 15.5 Å². The molecule has 0 amide bonds. The van der Waals surface area contributed by atoms with E-state index in [1.807, 2.05) is 18.2 Å². The summed E-state index contributed by atoms with van der Waals surface area (Å²) >= 11 is 0. The number of benzene rings is 1. The molecule has 0 atom stereocenters. The summed E-state index contributed by atoms with van der Waals surface area (Å²) in [5.41, 5.74) is 0.983. The Balaban J connectivity index is 1.86. The minimum atomic E-state index is 0.838. The van der Waals surface area contributed by atoms with E-state index in [9.17, 15) is 0 Å². The van der Waals surface area contributed by atoms with Gasteiger partial charge in [-0.05, 0) is 12.1 Å². The lowest BCUT2D eigenvalue weighted by Gasteiger charge is -2.27. The number of rotatable bonds is 6. The number of hydrogen-bond acceptors (Lipinski definition) is 5. The molecule has 0 spiro atoms. The van der Waals surface area contributed by atoms with Crippen molar-refractivity contribution >= 4 is 5.69 Å². The summed E-state index contributed by atoms with van der Waals surface area (Å²) in [7, 11) is 3.36. The number of anilines is 1.